The van der Waals surface area contributed by atoms with Crippen LogP contribution in [0.25, 0.3) is 10.9 Å². The number of hydrogen-bond acceptors (Lipinski definition) is 5. The van der Waals surface area contributed by atoms with E-state index < -0.39 is 17.7 Å². The van der Waals surface area contributed by atoms with Crippen LogP contribution in [0.4, 0.5) is 13.2 Å². The van der Waals surface area contributed by atoms with Crippen LogP contribution in [0.3, 0.4) is 0 Å². The van der Waals surface area contributed by atoms with Crippen molar-refractivity contribution in [1.82, 2.24) is 9.97 Å². The minimum absolute atomic E-state index is 0.117. The molecule has 2 aromatic heterocycles. The maximum Gasteiger partial charge on any atom is 0.574 e. The molecule has 0 spiro atoms. The molecular weight excluding hydrogens is 419 g/mol. The van der Waals surface area contributed by atoms with Crippen molar-refractivity contribution in [3.8, 4) is 17.8 Å². The van der Waals surface area contributed by atoms with Crippen LogP contribution >= 0.6 is 0 Å². The van der Waals surface area contributed by atoms with Gasteiger partial charge in [0.25, 0.3) is 0 Å². The number of benzene rings is 1. The van der Waals surface area contributed by atoms with Crippen molar-refractivity contribution in [3.05, 3.63) is 58.8 Å². The zero-order valence-corrected chi connectivity index (χ0v) is 17.8. The molecule has 4 rings (SSSR count). The lowest BCUT2D eigenvalue weighted by atomic mass is 9.79. The number of nitriles is 1. The molecule has 8 heteroatoms. The third-order valence-corrected chi connectivity index (χ3v) is 5.88. The van der Waals surface area contributed by atoms with E-state index in [4.69, 9.17) is 4.74 Å². The Balaban J connectivity index is 1.71. The monoisotopic (exact) mass is 441 g/mol. The molecule has 5 nitrogen and oxygen atoms in total. The second-order valence-electron chi connectivity index (χ2n) is 8.15. The Bertz CT molecular complexity index is 1200. The van der Waals surface area contributed by atoms with Gasteiger partial charge in [-0.25, -0.2) is 9.97 Å². The zero-order chi connectivity index (χ0) is 22.9. The molecule has 0 bridgehead atoms. The molecule has 2 heterocycles. The van der Waals surface area contributed by atoms with Crippen molar-refractivity contribution in [2.24, 2.45) is 0 Å². The first-order valence-electron chi connectivity index (χ1n) is 10.4. The third kappa shape index (κ3) is 4.33. The number of pyridine rings is 2. The van der Waals surface area contributed by atoms with Gasteiger partial charge in [-0.3, -0.25) is 0 Å². The third-order valence-electron chi connectivity index (χ3n) is 5.88. The number of ether oxygens (including phenoxy) is 2. The van der Waals surface area contributed by atoms with Crippen molar-refractivity contribution in [2.75, 3.05) is 7.11 Å². The average Bonchev–Trinajstić information content (AvgIpc) is 2.77. The fourth-order valence-electron chi connectivity index (χ4n) is 4.31. The highest BCUT2D eigenvalue weighted by atomic mass is 19.4. The van der Waals surface area contributed by atoms with Gasteiger partial charge in [-0.05, 0) is 55.9 Å². The molecule has 0 amide bonds. The molecule has 1 aliphatic carbocycles. The van der Waals surface area contributed by atoms with E-state index in [-0.39, 0.29) is 6.42 Å². The Morgan fingerprint density at radius 3 is 2.50 bits per heavy atom. The fourth-order valence-corrected chi connectivity index (χ4v) is 4.31. The smallest absolute Gasteiger partial charge is 0.481 e. The van der Waals surface area contributed by atoms with E-state index in [0.717, 1.165) is 48.2 Å². The van der Waals surface area contributed by atoms with Crippen molar-refractivity contribution < 1.29 is 22.6 Å². The number of rotatable bonds is 5. The van der Waals surface area contributed by atoms with Gasteiger partial charge in [-0.15, -0.1) is 13.2 Å². The number of aromatic nitrogens is 2. The standard InChI is InChI=1S/C24H22F3N3O2/c1-23(14-28,13-16-6-5-9-21(29-16)32-24(25,26)27)15-10-11-18-17-7-3-4-8-19(17)22(31-2)30-20(18)12-15/h5-6,9-12H,3-4,7-8,13H2,1-2H3. The molecule has 0 aliphatic heterocycles. The molecule has 166 valence electrons. The molecule has 0 fully saturated rings. The SMILES string of the molecule is COc1nc2cc(C(C)(C#N)Cc3cccc(OC(F)(F)F)n3)ccc2c2c1CCCC2. The minimum Gasteiger partial charge on any atom is -0.481 e. The van der Waals surface area contributed by atoms with E-state index in [2.05, 4.69) is 20.8 Å². The lowest BCUT2D eigenvalue weighted by Gasteiger charge is -2.24. The van der Waals surface area contributed by atoms with Crippen molar-refractivity contribution in [3.63, 3.8) is 0 Å². The van der Waals surface area contributed by atoms with Crippen LogP contribution in [0.2, 0.25) is 0 Å². The minimum atomic E-state index is -4.83. The summed E-state index contributed by atoms with van der Waals surface area (Å²) in [6.45, 7) is 1.74. The molecule has 0 saturated heterocycles. The summed E-state index contributed by atoms with van der Waals surface area (Å²) in [5.74, 6) is 0.0634. The second-order valence-corrected chi connectivity index (χ2v) is 8.15. The average molecular weight is 441 g/mol. The van der Waals surface area contributed by atoms with Crippen LogP contribution in [0, 0.1) is 11.3 Å². The summed E-state index contributed by atoms with van der Waals surface area (Å²) < 4.78 is 47.1. The van der Waals surface area contributed by atoms with Crippen LogP contribution < -0.4 is 9.47 Å². The van der Waals surface area contributed by atoms with Crippen LogP contribution in [0.15, 0.2) is 36.4 Å². The fraction of sp³-hybridized carbons (Fsp3) is 0.375. The first-order chi connectivity index (χ1) is 15.2. The second kappa shape index (κ2) is 8.30. The predicted octanol–water partition coefficient (Wildman–Crippen LogP) is 5.44. The maximum atomic E-state index is 12.5. The van der Waals surface area contributed by atoms with Crippen LogP contribution in [0.1, 0.15) is 42.1 Å². The zero-order valence-electron chi connectivity index (χ0n) is 17.8. The van der Waals surface area contributed by atoms with E-state index >= 15 is 0 Å². The van der Waals surface area contributed by atoms with Gasteiger partial charge in [0.15, 0.2) is 0 Å². The quantitative estimate of drug-likeness (QED) is 0.527. The van der Waals surface area contributed by atoms with E-state index in [1.807, 2.05) is 18.2 Å². The largest absolute Gasteiger partial charge is 0.574 e. The summed E-state index contributed by atoms with van der Waals surface area (Å²) in [5.41, 5.74) is 3.13. The lowest BCUT2D eigenvalue weighted by molar-refractivity contribution is -0.276. The summed E-state index contributed by atoms with van der Waals surface area (Å²) in [7, 11) is 1.61. The normalized spacial score (nSPS) is 15.5. The van der Waals surface area contributed by atoms with Crippen molar-refractivity contribution in [2.45, 2.75) is 50.8 Å². The molecule has 3 aromatic rings. The van der Waals surface area contributed by atoms with E-state index in [0.29, 0.717) is 17.1 Å². The molecule has 0 saturated carbocycles. The van der Waals surface area contributed by atoms with Crippen LogP contribution in [0.5, 0.6) is 11.8 Å². The van der Waals surface area contributed by atoms with E-state index in [1.54, 1.807) is 20.1 Å². The Labute approximate surface area is 183 Å². The number of methoxy groups -OCH3 is 1. The Hall–Kier alpha value is -3.34. The molecular formula is C24H22F3N3O2. The lowest BCUT2D eigenvalue weighted by Crippen LogP contribution is -2.24. The number of halogens is 3. The number of nitrogens with zero attached hydrogens (tertiary/aromatic N) is 3. The highest BCUT2D eigenvalue weighted by Crippen LogP contribution is 2.36. The van der Waals surface area contributed by atoms with Crippen LogP contribution in [-0.4, -0.2) is 23.4 Å². The van der Waals surface area contributed by atoms with Crippen molar-refractivity contribution in [1.29, 1.82) is 5.26 Å². The summed E-state index contributed by atoms with van der Waals surface area (Å²) in [5, 5.41) is 11.0. The van der Waals surface area contributed by atoms with Gasteiger partial charge < -0.3 is 9.47 Å². The number of aryl methyl sites for hydroxylation is 1. The highest BCUT2D eigenvalue weighted by Gasteiger charge is 2.33. The van der Waals surface area contributed by atoms with Gasteiger partial charge in [0.05, 0.1) is 24.1 Å². The molecule has 1 aromatic carbocycles. The van der Waals surface area contributed by atoms with Gasteiger partial charge in [-0.2, -0.15) is 5.26 Å². The molecule has 32 heavy (non-hydrogen) atoms. The molecule has 0 radical (unpaired) electrons. The topological polar surface area (TPSA) is 68.0 Å². The first kappa shape index (κ1) is 21.9. The number of hydrogen-bond donors (Lipinski definition) is 0. The summed E-state index contributed by atoms with van der Waals surface area (Å²) in [4.78, 5) is 8.62. The summed E-state index contributed by atoms with van der Waals surface area (Å²) in [6.07, 6.45) is -0.616. The van der Waals surface area contributed by atoms with E-state index in [9.17, 15) is 18.4 Å². The van der Waals surface area contributed by atoms with Gasteiger partial charge in [-0.1, -0.05) is 18.2 Å². The molecule has 1 atom stereocenters. The maximum absolute atomic E-state index is 12.5. The highest BCUT2D eigenvalue weighted by molar-refractivity contribution is 5.85. The van der Waals surface area contributed by atoms with Gasteiger partial charge in [0, 0.05) is 29.1 Å². The predicted molar refractivity (Wildman–Crippen MR) is 113 cm³/mol. The van der Waals surface area contributed by atoms with Crippen molar-refractivity contribution >= 4 is 10.9 Å². The van der Waals surface area contributed by atoms with Gasteiger partial charge >= 0.3 is 6.36 Å². The van der Waals surface area contributed by atoms with Gasteiger partial charge in [0.2, 0.25) is 11.8 Å². The molecule has 1 unspecified atom stereocenters. The summed E-state index contributed by atoms with van der Waals surface area (Å²) in [6, 6.07) is 12.2. The van der Waals surface area contributed by atoms with Gasteiger partial charge in [0.1, 0.15) is 0 Å². The van der Waals surface area contributed by atoms with Crippen LogP contribution in [-0.2, 0) is 24.7 Å². The molecule has 1 aliphatic rings. The van der Waals surface area contributed by atoms with E-state index in [1.165, 1.54) is 11.6 Å². The Morgan fingerprint density at radius 2 is 1.81 bits per heavy atom. The Morgan fingerprint density at radius 1 is 1.06 bits per heavy atom. The first-order valence-corrected chi connectivity index (χ1v) is 10.4. The summed E-state index contributed by atoms with van der Waals surface area (Å²) >= 11 is 0. The molecule has 0 N–H and O–H groups in total. The number of fused-ring (bicyclic) bond motifs is 3. The number of alkyl halides is 3. The Kier molecular flexibility index (Phi) is 5.68.